The Labute approximate surface area is 161 Å². The molecule has 0 bridgehead atoms. The molecule has 2 atom stereocenters. The fourth-order valence-corrected chi connectivity index (χ4v) is 4.16. The zero-order chi connectivity index (χ0) is 18.0. The average Bonchev–Trinajstić information content (AvgIpc) is 2.61. The first-order chi connectivity index (χ1) is 11.8. The lowest BCUT2D eigenvalue weighted by Crippen LogP contribution is -2.52. The Morgan fingerprint density at radius 2 is 1.77 bits per heavy atom. The molecule has 3 rings (SSSR count). The molecule has 0 spiro atoms. The summed E-state index contributed by atoms with van der Waals surface area (Å²) in [6, 6.07) is 7.00. The van der Waals surface area contributed by atoms with Crippen molar-refractivity contribution in [1.29, 1.82) is 0 Å². The lowest BCUT2D eigenvalue weighted by molar-refractivity contribution is -0.137. The molecule has 0 saturated carbocycles. The molecule has 3 N–H and O–H groups in total. The van der Waals surface area contributed by atoms with Gasteiger partial charge in [0.2, 0.25) is 15.9 Å². The topological polar surface area (TPSA) is 95.7 Å². The summed E-state index contributed by atoms with van der Waals surface area (Å²) in [5, 5.41) is 8.51. The van der Waals surface area contributed by atoms with Crippen molar-refractivity contribution in [1.82, 2.24) is 10.2 Å². The third-order valence-corrected chi connectivity index (χ3v) is 6.02. The van der Waals surface area contributed by atoms with Crippen molar-refractivity contribution >= 4 is 34.0 Å². The van der Waals surface area contributed by atoms with Crippen LogP contribution in [0.5, 0.6) is 0 Å². The number of nitrogens with zero attached hydrogens (tertiary/aromatic N) is 2. The van der Waals surface area contributed by atoms with Crippen molar-refractivity contribution in [3.8, 4) is 0 Å². The number of hydrogen-bond donors (Lipinski definition) is 2. The molecule has 2 saturated heterocycles. The van der Waals surface area contributed by atoms with E-state index in [1.807, 2.05) is 4.90 Å². The Kier molecular flexibility index (Phi) is 6.90. The molecule has 2 fully saturated rings. The van der Waals surface area contributed by atoms with Crippen molar-refractivity contribution in [2.24, 2.45) is 11.1 Å². The Morgan fingerprint density at radius 3 is 2.31 bits per heavy atom. The van der Waals surface area contributed by atoms with Crippen LogP contribution >= 0.6 is 12.4 Å². The number of anilines is 1. The summed E-state index contributed by atoms with van der Waals surface area (Å²) in [7, 11) is -3.66. The van der Waals surface area contributed by atoms with E-state index in [0.717, 1.165) is 38.2 Å². The molecule has 1 amide bonds. The highest BCUT2D eigenvalue weighted by molar-refractivity contribution is 7.89. The van der Waals surface area contributed by atoms with E-state index in [2.05, 4.69) is 17.1 Å². The molecule has 0 aliphatic carbocycles. The molecule has 0 unspecified atom stereocenters. The number of nitrogens with two attached hydrogens (primary N) is 1. The van der Waals surface area contributed by atoms with Crippen LogP contribution in [0.3, 0.4) is 0 Å². The van der Waals surface area contributed by atoms with Gasteiger partial charge in [0.1, 0.15) is 0 Å². The monoisotopic (exact) mass is 402 g/mol. The number of primary sulfonamides is 1. The van der Waals surface area contributed by atoms with E-state index in [-0.39, 0.29) is 29.1 Å². The molecule has 0 aromatic heterocycles. The van der Waals surface area contributed by atoms with Crippen molar-refractivity contribution in [3.05, 3.63) is 24.3 Å². The van der Waals surface area contributed by atoms with E-state index >= 15 is 0 Å². The van der Waals surface area contributed by atoms with E-state index < -0.39 is 10.0 Å². The molecule has 0 radical (unpaired) electrons. The highest BCUT2D eigenvalue weighted by atomic mass is 35.5. The third-order valence-electron chi connectivity index (χ3n) is 5.09. The number of piperazine rings is 1. The number of hydrogen-bond acceptors (Lipinski definition) is 5. The maximum Gasteiger partial charge on any atom is 0.238 e. The van der Waals surface area contributed by atoms with Crippen LogP contribution < -0.4 is 15.4 Å². The van der Waals surface area contributed by atoms with Crippen LogP contribution in [0.2, 0.25) is 0 Å². The van der Waals surface area contributed by atoms with Crippen LogP contribution in [-0.2, 0) is 14.8 Å². The second-order valence-electron chi connectivity index (χ2n) is 6.93. The zero-order valence-corrected chi connectivity index (χ0v) is 16.6. The van der Waals surface area contributed by atoms with Gasteiger partial charge in [0, 0.05) is 43.8 Å². The molecule has 146 valence electrons. The van der Waals surface area contributed by atoms with Crippen LogP contribution in [0.4, 0.5) is 5.69 Å². The van der Waals surface area contributed by atoms with Gasteiger partial charge in [0.15, 0.2) is 0 Å². The standard InChI is InChI=1S/C17H26N4O3S.ClH/c1-13-12-14(6-7-19-13)17(22)21-10-8-20(9-11-21)15-2-4-16(5-3-15)25(18,23)24;/h2-5,13-14,19H,6-12H2,1H3,(H2,18,23,24);1H/t13-,14-;/m0./s1. The van der Waals surface area contributed by atoms with Crippen LogP contribution in [-0.4, -0.2) is 58.0 Å². The van der Waals surface area contributed by atoms with Gasteiger partial charge < -0.3 is 15.1 Å². The summed E-state index contributed by atoms with van der Waals surface area (Å²) in [5.41, 5.74) is 0.954. The van der Waals surface area contributed by atoms with Gasteiger partial charge in [-0.1, -0.05) is 0 Å². The minimum Gasteiger partial charge on any atom is -0.368 e. The molecule has 1 aromatic rings. The molecular weight excluding hydrogens is 376 g/mol. The SMILES string of the molecule is C[C@H]1C[C@@H](C(=O)N2CCN(c3ccc(S(N)(=O)=O)cc3)CC2)CCN1.Cl. The second kappa shape index (κ2) is 8.56. The number of piperidine rings is 1. The number of rotatable bonds is 3. The number of benzene rings is 1. The molecule has 9 heteroatoms. The summed E-state index contributed by atoms with van der Waals surface area (Å²) in [6.07, 6.45) is 1.83. The average molecular weight is 403 g/mol. The Bertz CT molecular complexity index is 718. The lowest BCUT2D eigenvalue weighted by atomic mass is 9.92. The fourth-order valence-electron chi connectivity index (χ4n) is 3.65. The second-order valence-corrected chi connectivity index (χ2v) is 8.49. The summed E-state index contributed by atoms with van der Waals surface area (Å²) in [6.45, 7) is 5.95. The predicted molar refractivity (Wildman–Crippen MR) is 104 cm³/mol. The van der Waals surface area contributed by atoms with Gasteiger partial charge in [0.05, 0.1) is 4.90 Å². The van der Waals surface area contributed by atoms with Gasteiger partial charge in [0.25, 0.3) is 0 Å². The molecule has 2 aliphatic heterocycles. The van der Waals surface area contributed by atoms with Gasteiger partial charge in [-0.3, -0.25) is 4.79 Å². The van der Waals surface area contributed by atoms with E-state index in [1.165, 1.54) is 12.1 Å². The number of halogens is 1. The van der Waals surface area contributed by atoms with E-state index in [0.29, 0.717) is 19.1 Å². The van der Waals surface area contributed by atoms with Crippen molar-refractivity contribution in [2.45, 2.75) is 30.7 Å². The highest BCUT2D eigenvalue weighted by Gasteiger charge is 2.30. The minimum atomic E-state index is -3.66. The zero-order valence-electron chi connectivity index (χ0n) is 14.9. The Morgan fingerprint density at radius 1 is 1.15 bits per heavy atom. The molecular formula is C17H27ClN4O3S. The van der Waals surface area contributed by atoms with Crippen molar-refractivity contribution in [3.63, 3.8) is 0 Å². The normalized spacial score (nSPS) is 24.1. The number of carbonyl (C=O) groups is 1. The Balaban J connectivity index is 0.00000243. The van der Waals surface area contributed by atoms with Crippen LogP contribution in [0.15, 0.2) is 29.2 Å². The van der Waals surface area contributed by atoms with Crippen LogP contribution in [0.25, 0.3) is 0 Å². The van der Waals surface area contributed by atoms with Crippen molar-refractivity contribution < 1.29 is 13.2 Å². The van der Waals surface area contributed by atoms with E-state index in [9.17, 15) is 13.2 Å². The summed E-state index contributed by atoms with van der Waals surface area (Å²) >= 11 is 0. The first-order valence-corrected chi connectivity index (χ1v) is 10.3. The highest BCUT2D eigenvalue weighted by Crippen LogP contribution is 2.22. The van der Waals surface area contributed by atoms with Crippen molar-refractivity contribution in [2.75, 3.05) is 37.6 Å². The first-order valence-electron chi connectivity index (χ1n) is 8.74. The lowest BCUT2D eigenvalue weighted by Gasteiger charge is -2.39. The number of carbonyl (C=O) groups excluding carboxylic acids is 1. The third kappa shape index (κ3) is 4.88. The van der Waals surface area contributed by atoms with Gasteiger partial charge in [-0.05, 0) is 50.6 Å². The molecule has 26 heavy (non-hydrogen) atoms. The molecule has 2 heterocycles. The van der Waals surface area contributed by atoms with Gasteiger partial charge >= 0.3 is 0 Å². The maximum atomic E-state index is 12.7. The van der Waals surface area contributed by atoms with Gasteiger partial charge in [-0.2, -0.15) is 0 Å². The van der Waals surface area contributed by atoms with Crippen LogP contribution in [0.1, 0.15) is 19.8 Å². The predicted octanol–water partition coefficient (Wildman–Crippen LogP) is 0.793. The molecule has 1 aromatic carbocycles. The minimum absolute atomic E-state index is 0. The summed E-state index contributed by atoms with van der Waals surface area (Å²) < 4.78 is 22.7. The Hall–Kier alpha value is -1.35. The molecule has 7 nitrogen and oxygen atoms in total. The maximum absolute atomic E-state index is 12.7. The summed E-state index contributed by atoms with van der Waals surface area (Å²) in [4.78, 5) is 17.0. The molecule has 2 aliphatic rings. The number of sulfonamides is 1. The van der Waals surface area contributed by atoms with E-state index in [4.69, 9.17) is 5.14 Å². The largest absolute Gasteiger partial charge is 0.368 e. The van der Waals surface area contributed by atoms with E-state index in [1.54, 1.807) is 12.1 Å². The van der Waals surface area contributed by atoms with Gasteiger partial charge in [-0.25, -0.2) is 13.6 Å². The number of amides is 1. The smallest absolute Gasteiger partial charge is 0.238 e. The summed E-state index contributed by atoms with van der Waals surface area (Å²) in [5.74, 6) is 0.411. The fraction of sp³-hybridized carbons (Fsp3) is 0.588. The first kappa shape index (κ1) is 21.0. The quantitative estimate of drug-likeness (QED) is 0.779. The van der Waals surface area contributed by atoms with Gasteiger partial charge in [-0.15, -0.1) is 12.4 Å². The number of nitrogens with one attached hydrogen (secondary N) is 1. The van der Waals surface area contributed by atoms with Crippen LogP contribution in [0, 0.1) is 5.92 Å².